The van der Waals surface area contributed by atoms with Gasteiger partial charge in [-0.2, -0.15) is 0 Å². The smallest absolute Gasteiger partial charge is 0.338 e. The van der Waals surface area contributed by atoms with Crippen LogP contribution in [0.2, 0.25) is 0 Å². The lowest BCUT2D eigenvalue weighted by atomic mass is 10.2. The van der Waals surface area contributed by atoms with Crippen LogP contribution in [-0.4, -0.2) is 24.4 Å². The van der Waals surface area contributed by atoms with Crippen molar-refractivity contribution < 1.29 is 27.9 Å². The van der Waals surface area contributed by atoms with Crippen LogP contribution in [0.5, 0.6) is 0 Å². The van der Waals surface area contributed by atoms with E-state index in [1.807, 2.05) is 5.32 Å². The molecule has 0 aromatic heterocycles. The monoisotopic (exact) mass is 348 g/mol. The molecule has 8 heteroatoms. The van der Waals surface area contributed by atoms with Gasteiger partial charge in [0, 0.05) is 11.8 Å². The Kier molecular flexibility index (Phi) is 5.78. The minimum atomic E-state index is -1.17. The molecule has 130 valence electrons. The van der Waals surface area contributed by atoms with Crippen LogP contribution in [0, 0.1) is 11.6 Å². The standard InChI is InChI=1S/C17H14F2N2O4/c1-2-25-17(24)10-3-6-12(7-4-10)20-15(22)16(23)21-14-9-11(18)5-8-13(14)19/h3-9H,2H2,1H3,(H,20,22)(H,21,23). The maximum Gasteiger partial charge on any atom is 0.338 e. The lowest BCUT2D eigenvalue weighted by Gasteiger charge is -2.08. The van der Waals surface area contributed by atoms with E-state index < -0.39 is 35.1 Å². The summed E-state index contributed by atoms with van der Waals surface area (Å²) < 4.78 is 31.3. The number of benzene rings is 2. The van der Waals surface area contributed by atoms with Crippen LogP contribution in [0.15, 0.2) is 42.5 Å². The second-order valence-electron chi connectivity index (χ2n) is 4.83. The number of hydrogen-bond acceptors (Lipinski definition) is 4. The highest BCUT2D eigenvalue weighted by molar-refractivity contribution is 6.43. The Morgan fingerprint density at radius 2 is 1.60 bits per heavy atom. The molecule has 0 heterocycles. The first-order chi connectivity index (χ1) is 11.9. The predicted octanol–water partition coefficient (Wildman–Crippen LogP) is 2.72. The molecule has 0 fully saturated rings. The molecule has 0 bridgehead atoms. The number of ether oxygens (including phenoxy) is 1. The fourth-order valence-electron chi connectivity index (χ4n) is 1.86. The topological polar surface area (TPSA) is 84.5 Å². The van der Waals surface area contributed by atoms with E-state index in [-0.39, 0.29) is 17.9 Å². The summed E-state index contributed by atoms with van der Waals surface area (Å²) >= 11 is 0. The lowest BCUT2D eigenvalue weighted by Crippen LogP contribution is -2.29. The Morgan fingerprint density at radius 3 is 2.24 bits per heavy atom. The summed E-state index contributed by atoms with van der Waals surface area (Å²) in [6, 6.07) is 8.11. The molecule has 2 amide bonds. The molecule has 0 aliphatic heterocycles. The minimum absolute atomic E-state index is 0.230. The van der Waals surface area contributed by atoms with Gasteiger partial charge in [-0.05, 0) is 43.3 Å². The van der Waals surface area contributed by atoms with E-state index in [0.29, 0.717) is 0 Å². The average Bonchev–Trinajstić information content (AvgIpc) is 2.59. The number of amides is 2. The molecule has 0 saturated carbocycles. The Balaban J connectivity index is 2.00. The quantitative estimate of drug-likeness (QED) is 0.657. The summed E-state index contributed by atoms with van der Waals surface area (Å²) in [5.41, 5.74) is 0.0804. The van der Waals surface area contributed by atoms with Crippen molar-refractivity contribution in [2.75, 3.05) is 17.2 Å². The van der Waals surface area contributed by atoms with Crippen molar-refractivity contribution >= 4 is 29.2 Å². The van der Waals surface area contributed by atoms with E-state index in [4.69, 9.17) is 4.74 Å². The molecule has 2 N–H and O–H groups in total. The van der Waals surface area contributed by atoms with Gasteiger partial charge < -0.3 is 15.4 Å². The summed E-state index contributed by atoms with van der Waals surface area (Å²) in [4.78, 5) is 35.1. The second-order valence-corrected chi connectivity index (χ2v) is 4.83. The van der Waals surface area contributed by atoms with E-state index in [0.717, 1.165) is 18.2 Å². The van der Waals surface area contributed by atoms with Crippen LogP contribution >= 0.6 is 0 Å². The Hall–Kier alpha value is -3.29. The zero-order valence-corrected chi connectivity index (χ0v) is 13.1. The Labute approximate surface area is 141 Å². The molecule has 0 spiro atoms. The van der Waals surface area contributed by atoms with Gasteiger partial charge in [0.2, 0.25) is 0 Å². The molecule has 25 heavy (non-hydrogen) atoms. The summed E-state index contributed by atoms with van der Waals surface area (Å²) in [5.74, 6) is -4.39. The van der Waals surface area contributed by atoms with E-state index >= 15 is 0 Å². The Bertz CT molecular complexity index is 807. The van der Waals surface area contributed by atoms with E-state index in [9.17, 15) is 23.2 Å². The van der Waals surface area contributed by atoms with Crippen LogP contribution in [0.3, 0.4) is 0 Å². The SMILES string of the molecule is CCOC(=O)c1ccc(NC(=O)C(=O)Nc2cc(F)ccc2F)cc1. The van der Waals surface area contributed by atoms with Gasteiger partial charge in [0.15, 0.2) is 0 Å². The number of rotatable bonds is 4. The first-order valence-corrected chi connectivity index (χ1v) is 7.25. The van der Waals surface area contributed by atoms with Gasteiger partial charge in [0.05, 0.1) is 17.9 Å². The molecule has 0 aliphatic carbocycles. The minimum Gasteiger partial charge on any atom is -0.462 e. The normalized spacial score (nSPS) is 10.0. The second kappa shape index (κ2) is 8.00. The van der Waals surface area contributed by atoms with Gasteiger partial charge in [-0.25, -0.2) is 13.6 Å². The maximum absolute atomic E-state index is 13.4. The van der Waals surface area contributed by atoms with E-state index in [1.54, 1.807) is 6.92 Å². The number of carbonyl (C=O) groups is 3. The molecule has 0 aliphatic rings. The van der Waals surface area contributed by atoms with Crippen LogP contribution in [0.4, 0.5) is 20.2 Å². The fourth-order valence-corrected chi connectivity index (χ4v) is 1.86. The first-order valence-electron chi connectivity index (χ1n) is 7.25. The summed E-state index contributed by atoms with van der Waals surface area (Å²) in [6.45, 7) is 1.90. The number of nitrogens with one attached hydrogen (secondary N) is 2. The lowest BCUT2D eigenvalue weighted by molar-refractivity contribution is -0.133. The van der Waals surface area contributed by atoms with Gasteiger partial charge in [0.25, 0.3) is 0 Å². The van der Waals surface area contributed by atoms with Crippen LogP contribution < -0.4 is 10.6 Å². The molecule has 0 radical (unpaired) electrons. The van der Waals surface area contributed by atoms with Crippen LogP contribution in [-0.2, 0) is 14.3 Å². The third kappa shape index (κ3) is 4.84. The molecule has 2 aromatic rings. The van der Waals surface area contributed by atoms with Crippen LogP contribution in [0.1, 0.15) is 17.3 Å². The molecule has 6 nitrogen and oxygen atoms in total. The van der Waals surface area contributed by atoms with E-state index in [1.165, 1.54) is 24.3 Å². The van der Waals surface area contributed by atoms with Gasteiger partial charge >= 0.3 is 17.8 Å². The van der Waals surface area contributed by atoms with Gasteiger partial charge in [0.1, 0.15) is 11.6 Å². The number of halogens is 2. The fraction of sp³-hybridized carbons (Fsp3) is 0.118. The van der Waals surface area contributed by atoms with Crippen molar-refractivity contribution in [2.45, 2.75) is 6.92 Å². The van der Waals surface area contributed by atoms with Gasteiger partial charge in [-0.3, -0.25) is 9.59 Å². The summed E-state index contributed by atoms with van der Waals surface area (Å²) in [5, 5.41) is 4.25. The van der Waals surface area contributed by atoms with Crippen LogP contribution in [0.25, 0.3) is 0 Å². The highest BCUT2D eigenvalue weighted by Crippen LogP contribution is 2.15. The van der Waals surface area contributed by atoms with Crippen molar-refractivity contribution in [2.24, 2.45) is 0 Å². The first kappa shape index (κ1) is 18.1. The highest BCUT2D eigenvalue weighted by Gasteiger charge is 2.16. The van der Waals surface area contributed by atoms with Gasteiger partial charge in [-0.1, -0.05) is 0 Å². The molecule has 0 unspecified atom stereocenters. The third-order valence-electron chi connectivity index (χ3n) is 3.04. The van der Waals surface area contributed by atoms with Crippen molar-refractivity contribution in [3.8, 4) is 0 Å². The molecule has 0 saturated heterocycles. The van der Waals surface area contributed by atoms with Crippen molar-refractivity contribution in [3.05, 3.63) is 59.7 Å². The van der Waals surface area contributed by atoms with Crippen molar-refractivity contribution in [1.82, 2.24) is 0 Å². The highest BCUT2D eigenvalue weighted by atomic mass is 19.1. The zero-order valence-electron chi connectivity index (χ0n) is 13.1. The summed E-state index contributed by atoms with van der Waals surface area (Å²) in [7, 11) is 0. The number of hydrogen-bond donors (Lipinski definition) is 2. The third-order valence-corrected chi connectivity index (χ3v) is 3.04. The largest absolute Gasteiger partial charge is 0.462 e. The maximum atomic E-state index is 13.4. The average molecular weight is 348 g/mol. The molecule has 2 aromatic carbocycles. The van der Waals surface area contributed by atoms with Gasteiger partial charge in [-0.15, -0.1) is 0 Å². The molecule has 0 atom stereocenters. The number of carbonyl (C=O) groups excluding carboxylic acids is 3. The van der Waals surface area contributed by atoms with Crippen molar-refractivity contribution in [3.63, 3.8) is 0 Å². The number of esters is 1. The summed E-state index contributed by atoms with van der Waals surface area (Å²) in [6.07, 6.45) is 0. The zero-order chi connectivity index (χ0) is 18.4. The number of anilines is 2. The predicted molar refractivity (Wildman–Crippen MR) is 86.0 cm³/mol. The van der Waals surface area contributed by atoms with E-state index in [2.05, 4.69) is 5.32 Å². The van der Waals surface area contributed by atoms with Crippen molar-refractivity contribution in [1.29, 1.82) is 0 Å². The molecular formula is C17H14F2N2O4. The molecule has 2 rings (SSSR count). The Morgan fingerprint density at radius 1 is 0.960 bits per heavy atom. The molecular weight excluding hydrogens is 334 g/mol.